The van der Waals surface area contributed by atoms with E-state index in [1.165, 1.54) is 12.1 Å². The van der Waals surface area contributed by atoms with Gasteiger partial charge in [0.15, 0.2) is 5.69 Å². The SMILES string of the molecule is Cn1nc(C(=O)NCCCCNC[C@H](O)c2ccc(O)c3[nH]c(=O)ccc23)cc1COc1cccc(/C(=N/C(=O)O[C@H]2CN3CCC2CC3)c2ccccc2)c1. The Bertz CT molecular complexity index is 2250. The maximum Gasteiger partial charge on any atom is 0.434 e. The van der Waals surface area contributed by atoms with Gasteiger partial charge in [0.25, 0.3) is 5.91 Å². The third kappa shape index (κ3) is 9.33. The number of rotatable bonds is 15. The van der Waals surface area contributed by atoms with Gasteiger partial charge in [0.1, 0.15) is 24.2 Å². The smallest absolute Gasteiger partial charge is 0.434 e. The summed E-state index contributed by atoms with van der Waals surface area (Å²) in [5, 5.41) is 31.9. The van der Waals surface area contributed by atoms with Crippen molar-refractivity contribution >= 4 is 28.6 Å². The first-order chi connectivity index (χ1) is 27.2. The van der Waals surface area contributed by atoms with Crippen LogP contribution in [-0.4, -0.2) is 93.0 Å². The van der Waals surface area contributed by atoms with Crippen molar-refractivity contribution in [1.82, 2.24) is 30.3 Å². The van der Waals surface area contributed by atoms with Gasteiger partial charge in [-0.2, -0.15) is 10.1 Å². The Morgan fingerprint density at radius 2 is 1.77 bits per heavy atom. The summed E-state index contributed by atoms with van der Waals surface area (Å²) in [7, 11) is 1.76. The van der Waals surface area contributed by atoms with Crippen LogP contribution in [0.15, 0.2) is 94.7 Å². The molecule has 56 heavy (non-hydrogen) atoms. The van der Waals surface area contributed by atoms with Gasteiger partial charge in [0.2, 0.25) is 5.56 Å². The molecule has 0 unspecified atom stereocenters. The molecule has 3 aromatic carbocycles. The van der Waals surface area contributed by atoms with Crippen LogP contribution in [0.2, 0.25) is 0 Å². The number of aromatic amines is 1. The Morgan fingerprint density at radius 1 is 0.982 bits per heavy atom. The largest absolute Gasteiger partial charge is 0.506 e. The van der Waals surface area contributed by atoms with E-state index in [2.05, 4.69) is 30.6 Å². The number of amides is 2. The highest BCUT2D eigenvalue weighted by molar-refractivity contribution is 6.16. The van der Waals surface area contributed by atoms with Crippen LogP contribution >= 0.6 is 0 Å². The van der Waals surface area contributed by atoms with Crippen LogP contribution in [0.1, 0.15) is 64.7 Å². The van der Waals surface area contributed by atoms with Gasteiger partial charge in [0, 0.05) is 49.3 Å². The number of aryl methyl sites for hydroxylation is 1. The highest BCUT2D eigenvalue weighted by atomic mass is 16.6. The molecule has 3 saturated heterocycles. The maximum absolute atomic E-state index is 13.1. The van der Waals surface area contributed by atoms with Crippen molar-refractivity contribution in [3.63, 3.8) is 0 Å². The molecule has 0 radical (unpaired) electrons. The van der Waals surface area contributed by atoms with Gasteiger partial charge in [-0.05, 0) is 87.1 Å². The molecule has 14 nitrogen and oxygen atoms in total. The zero-order valence-corrected chi connectivity index (χ0v) is 31.3. The summed E-state index contributed by atoms with van der Waals surface area (Å²) in [6.07, 6.45) is 1.97. The molecule has 8 rings (SSSR count). The van der Waals surface area contributed by atoms with Gasteiger partial charge in [-0.15, -0.1) is 0 Å². The fourth-order valence-electron chi connectivity index (χ4n) is 7.39. The highest BCUT2D eigenvalue weighted by Gasteiger charge is 2.36. The standard InChI is InChI=1S/C42H47N7O7/c1-48-30(23-34(47-48)41(53)44-19-6-5-18-43-24-36(51)32-12-14-35(50)40-33(32)13-15-38(52)45-40)26-55-31-11-7-10-29(22-31)39(28-8-3-2-4-9-28)46-42(54)56-37-25-49-20-16-27(37)17-21-49/h2-4,7-15,22-23,27,36-37,43,50-51H,5-6,16-21,24-26H2,1H3,(H,44,53)(H,45,52)/b46-39+/t36-,37-/m0/s1. The van der Waals surface area contributed by atoms with Crippen molar-refractivity contribution in [2.24, 2.45) is 18.0 Å². The van der Waals surface area contributed by atoms with E-state index in [0.717, 1.165) is 44.5 Å². The number of carbonyl (C=O) groups excluding carboxylic acids is 2. The second kappa shape index (κ2) is 17.8. The molecule has 2 amide bonds. The molecule has 3 fully saturated rings. The molecule has 0 spiro atoms. The number of carbonyl (C=O) groups is 2. The number of phenolic OH excluding ortho intramolecular Hbond substituents is 1. The lowest BCUT2D eigenvalue weighted by Gasteiger charge is -2.43. The Kier molecular flexibility index (Phi) is 12.2. The van der Waals surface area contributed by atoms with E-state index in [1.54, 1.807) is 29.9 Å². The Morgan fingerprint density at radius 3 is 2.55 bits per heavy atom. The van der Waals surface area contributed by atoms with E-state index < -0.39 is 12.2 Å². The zero-order valence-electron chi connectivity index (χ0n) is 31.3. The maximum atomic E-state index is 13.1. The summed E-state index contributed by atoms with van der Waals surface area (Å²) in [5.74, 6) is 0.606. The number of aromatic hydroxyl groups is 1. The fourth-order valence-corrected chi connectivity index (χ4v) is 7.39. The number of phenols is 1. The first-order valence-corrected chi connectivity index (χ1v) is 19.1. The van der Waals surface area contributed by atoms with E-state index in [1.807, 2.05) is 54.6 Å². The third-order valence-corrected chi connectivity index (χ3v) is 10.5. The lowest BCUT2D eigenvalue weighted by molar-refractivity contribution is -0.0302. The quantitative estimate of drug-likeness (QED) is 0.0755. The zero-order chi connectivity index (χ0) is 39.0. The molecule has 5 aromatic rings. The normalized spacial score (nSPS) is 18.5. The summed E-state index contributed by atoms with van der Waals surface area (Å²) < 4.78 is 13.6. The van der Waals surface area contributed by atoms with Crippen LogP contribution in [0.5, 0.6) is 11.5 Å². The van der Waals surface area contributed by atoms with E-state index in [-0.39, 0.29) is 42.2 Å². The minimum absolute atomic E-state index is 0.0550. The van der Waals surface area contributed by atoms with Crippen LogP contribution in [0.25, 0.3) is 10.9 Å². The second-order valence-corrected chi connectivity index (χ2v) is 14.3. The molecule has 0 saturated carbocycles. The van der Waals surface area contributed by atoms with Crippen LogP contribution < -0.4 is 20.9 Å². The summed E-state index contributed by atoms with van der Waals surface area (Å²) in [4.78, 5) is 47.1. The number of hydrogen-bond donors (Lipinski definition) is 5. The Balaban J connectivity index is 0.881. The molecule has 3 aliphatic rings. The Labute approximate surface area is 324 Å². The van der Waals surface area contributed by atoms with Crippen LogP contribution in [0.4, 0.5) is 4.79 Å². The Hall–Kier alpha value is -5.83. The number of fused-ring (bicyclic) bond motifs is 4. The van der Waals surface area contributed by atoms with Crippen molar-refractivity contribution in [1.29, 1.82) is 0 Å². The first-order valence-electron chi connectivity index (χ1n) is 19.1. The summed E-state index contributed by atoms with van der Waals surface area (Å²) in [6, 6.07) is 24.7. The number of aliphatic hydroxyl groups excluding tert-OH is 1. The number of nitrogens with one attached hydrogen (secondary N) is 3. The van der Waals surface area contributed by atoms with Crippen molar-refractivity contribution in [3.8, 4) is 11.5 Å². The molecule has 3 aliphatic heterocycles. The van der Waals surface area contributed by atoms with Gasteiger partial charge in [0.05, 0.1) is 23.0 Å². The van der Waals surface area contributed by atoms with Gasteiger partial charge in [-0.3, -0.25) is 19.2 Å². The minimum atomic E-state index is -0.842. The summed E-state index contributed by atoms with van der Waals surface area (Å²) in [5.41, 5.74) is 3.54. The van der Waals surface area contributed by atoms with Crippen LogP contribution in [0, 0.1) is 5.92 Å². The number of ether oxygens (including phenoxy) is 2. The highest BCUT2D eigenvalue weighted by Crippen LogP contribution is 2.31. The molecule has 14 heteroatoms. The molecular weight excluding hydrogens is 715 g/mol. The second-order valence-electron chi connectivity index (χ2n) is 14.3. The van der Waals surface area contributed by atoms with Crippen molar-refractivity contribution in [3.05, 3.63) is 123 Å². The van der Waals surface area contributed by atoms with Gasteiger partial charge >= 0.3 is 6.09 Å². The number of benzene rings is 3. The average Bonchev–Trinajstić information content (AvgIpc) is 3.60. The molecule has 2 aromatic heterocycles. The van der Waals surface area contributed by atoms with Gasteiger partial charge in [-0.1, -0.05) is 48.5 Å². The van der Waals surface area contributed by atoms with Crippen LogP contribution in [-0.2, 0) is 18.4 Å². The van der Waals surface area contributed by atoms with Crippen molar-refractivity contribution < 1.29 is 29.3 Å². The molecule has 5 N–H and O–H groups in total. The number of aliphatic imine (C=N–C) groups is 1. The van der Waals surface area contributed by atoms with E-state index in [0.29, 0.717) is 64.6 Å². The van der Waals surface area contributed by atoms with Crippen molar-refractivity contribution in [2.45, 2.75) is 44.5 Å². The van der Waals surface area contributed by atoms with Crippen LogP contribution in [0.3, 0.4) is 0 Å². The molecule has 0 aliphatic carbocycles. The van der Waals surface area contributed by atoms with Gasteiger partial charge < -0.3 is 35.3 Å². The lowest BCUT2D eigenvalue weighted by Crippen LogP contribution is -2.51. The van der Waals surface area contributed by atoms with E-state index >= 15 is 0 Å². The minimum Gasteiger partial charge on any atom is -0.506 e. The molecule has 5 heterocycles. The van der Waals surface area contributed by atoms with Gasteiger partial charge in [-0.25, -0.2) is 4.79 Å². The van der Waals surface area contributed by atoms with Crippen molar-refractivity contribution in [2.75, 3.05) is 39.3 Å². The molecular formula is C42H47N7O7. The number of unbranched alkanes of at least 4 members (excludes halogenated alkanes) is 1. The monoisotopic (exact) mass is 761 g/mol. The lowest BCUT2D eigenvalue weighted by atomic mass is 9.86. The summed E-state index contributed by atoms with van der Waals surface area (Å²) >= 11 is 0. The predicted molar refractivity (Wildman–Crippen MR) is 211 cm³/mol. The first kappa shape index (κ1) is 38.4. The number of H-pyrrole nitrogens is 1. The number of aromatic nitrogens is 3. The average molecular weight is 762 g/mol. The molecule has 2 bridgehead atoms. The predicted octanol–water partition coefficient (Wildman–Crippen LogP) is 4.45. The number of nitrogens with zero attached hydrogens (tertiary/aromatic N) is 4. The number of aliphatic hydroxyl groups is 1. The fraction of sp³-hybridized carbons (Fsp3) is 0.357. The molecule has 2 atom stereocenters. The molecule has 292 valence electrons. The number of piperidine rings is 3. The van der Waals surface area contributed by atoms with E-state index in [9.17, 15) is 24.6 Å². The third-order valence-electron chi connectivity index (χ3n) is 10.5. The summed E-state index contributed by atoms with van der Waals surface area (Å²) in [6.45, 7) is 4.39. The van der Waals surface area contributed by atoms with E-state index in [4.69, 9.17) is 9.47 Å². The topological polar surface area (TPSA) is 183 Å². The number of hydrogen-bond acceptors (Lipinski definition) is 10. The number of pyridine rings is 1.